The lowest BCUT2D eigenvalue weighted by Crippen LogP contribution is -2.39. The van der Waals surface area contributed by atoms with Crippen LogP contribution in [0.2, 0.25) is 0 Å². The summed E-state index contributed by atoms with van der Waals surface area (Å²) in [6, 6.07) is 1.92. The van der Waals surface area contributed by atoms with Crippen LogP contribution in [-0.2, 0) is 11.4 Å². The summed E-state index contributed by atoms with van der Waals surface area (Å²) in [5.74, 6) is -0.495. The molecule has 1 N–H and O–H groups in total. The zero-order chi connectivity index (χ0) is 16.3. The van der Waals surface area contributed by atoms with Crippen molar-refractivity contribution in [2.45, 2.75) is 39.4 Å². The normalized spacial score (nSPS) is 15.8. The molecule has 21 heavy (non-hydrogen) atoms. The second kappa shape index (κ2) is 6.98. The van der Waals surface area contributed by atoms with E-state index in [4.69, 9.17) is 0 Å². The summed E-state index contributed by atoms with van der Waals surface area (Å²) >= 11 is -1.81. The first-order chi connectivity index (χ1) is 9.49. The van der Waals surface area contributed by atoms with Crippen molar-refractivity contribution in [2.75, 3.05) is 5.75 Å². The Morgan fingerprint density at radius 3 is 2.10 bits per heavy atom. The van der Waals surface area contributed by atoms with Gasteiger partial charge in [-0.25, -0.2) is 4.39 Å². The van der Waals surface area contributed by atoms with E-state index in [1.54, 1.807) is 0 Å². The van der Waals surface area contributed by atoms with Crippen molar-refractivity contribution in [3.63, 3.8) is 0 Å². The van der Waals surface area contributed by atoms with Gasteiger partial charge in [0.25, 0.3) is 0 Å². The molecule has 2 nitrogen and oxygen atoms in total. The standard InChI is InChI=1S/C14H19F4NOS/c1-13(2,3)8-9-21(20)19-12(14(16,17)18)10-4-6-11(15)7-5-10/h4-7,12,19H,8-9H2,1-3H3/t12-,21+/m0/s1. The highest BCUT2D eigenvalue weighted by atomic mass is 32.2. The quantitative estimate of drug-likeness (QED) is 0.653. The minimum Gasteiger partial charge on any atom is -0.598 e. The first-order valence-electron chi connectivity index (χ1n) is 6.46. The first kappa shape index (κ1) is 18.3. The molecule has 1 aromatic carbocycles. The maximum atomic E-state index is 13.1. The molecule has 0 heterocycles. The van der Waals surface area contributed by atoms with Crippen molar-refractivity contribution in [1.29, 1.82) is 0 Å². The van der Waals surface area contributed by atoms with Crippen molar-refractivity contribution < 1.29 is 22.1 Å². The number of benzene rings is 1. The monoisotopic (exact) mass is 325 g/mol. The average molecular weight is 325 g/mol. The summed E-state index contributed by atoms with van der Waals surface area (Å²) in [4.78, 5) is 0. The van der Waals surface area contributed by atoms with E-state index in [9.17, 15) is 22.1 Å². The first-order valence-corrected chi connectivity index (χ1v) is 7.78. The summed E-state index contributed by atoms with van der Waals surface area (Å²) < 4.78 is 65.9. The fraction of sp³-hybridized carbons (Fsp3) is 0.571. The molecule has 0 bridgehead atoms. The molecule has 0 saturated carbocycles. The van der Waals surface area contributed by atoms with Gasteiger partial charge in [0.2, 0.25) is 0 Å². The largest absolute Gasteiger partial charge is 0.598 e. The molecular weight excluding hydrogens is 306 g/mol. The lowest BCUT2D eigenvalue weighted by atomic mass is 9.94. The van der Waals surface area contributed by atoms with Crippen LogP contribution in [0.5, 0.6) is 0 Å². The number of rotatable bonds is 5. The van der Waals surface area contributed by atoms with Crippen molar-refractivity contribution in [3.05, 3.63) is 35.6 Å². The van der Waals surface area contributed by atoms with Gasteiger partial charge in [-0.05, 0) is 29.5 Å². The van der Waals surface area contributed by atoms with Gasteiger partial charge in [-0.15, -0.1) is 4.72 Å². The van der Waals surface area contributed by atoms with E-state index in [0.717, 1.165) is 24.3 Å². The predicted molar refractivity (Wildman–Crippen MR) is 75.4 cm³/mol. The molecule has 0 radical (unpaired) electrons. The van der Waals surface area contributed by atoms with E-state index in [1.165, 1.54) is 0 Å². The average Bonchev–Trinajstić information content (AvgIpc) is 2.32. The maximum absolute atomic E-state index is 13.1. The fourth-order valence-electron chi connectivity index (χ4n) is 1.57. The molecule has 1 rings (SSSR count). The van der Waals surface area contributed by atoms with Gasteiger partial charge in [0, 0.05) is 11.4 Å². The van der Waals surface area contributed by atoms with E-state index in [2.05, 4.69) is 4.72 Å². The zero-order valence-corrected chi connectivity index (χ0v) is 12.9. The van der Waals surface area contributed by atoms with E-state index in [0.29, 0.717) is 6.42 Å². The number of nitrogens with one attached hydrogen (secondary N) is 1. The Kier molecular flexibility index (Phi) is 6.07. The third-order valence-electron chi connectivity index (χ3n) is 2.82. The fourth-order valence-corrected chi connectivity index (χ4v) is 3.02. The Bertz CT molecular complexity index is 442. The number of alkyl halides is 3. The highest BCUT2D eigenvalue weighted by molar-refractivity contribution is 7.89. The van der Waals surface area contributed by atoms with Gasteiger partial charge in [-0.1, -0.05) is 32.9 Å². The van der Waals surface area contributed by atoms with Crippen LogP contribution in [0, 0.1) is 11.2 Å². The lowest BCUT2D eigenvalue weighted by molar-refractivity contribution is -0.153. The molecule has 0 aliphatic carbocycles. The number of hydrogen-bond donors (Lipinski definition) is 1. The molecule has 0 aromatic heterocycles. The molecule has 1 aromatic rings. The van der Waals surface area contributed by atoms with Crippen molar-refractivity contribution in [3.8, 4) is 0 Å². The van der Waals surface area contributed by atoms with E-state index >= 15 is 0 Å². The maximum Gasteiger partial charge on any atom is 0.412 e. The molecule has 0 fully saturated rings. The van der Waals surface area contributed by atoms with Gasteiger partial charge < -0.3 is 4.55 Å². The van der Waals surface area contributed by atoms with E-state index < -0.39 is 29.4 Å². The molecule has 0 spiro atoms. The Labute approximate surface area is 125 Å². The second-order valence-corrected chi connectivity index (χ2v) is 7.34. The van der Waals surface area contributed by atoms with Gasteiger partial charge in [0.05, 0.1) is 0 Å². The van der Waals surface area contributed by atoms with Crippen LogP contribution in [-0.4, -0.2) is 16.5 Å². The van der Waals surface area contributed by atoms with E-state index in [1.807, 2.05) is 20.8 Å². The van der Waals surface area contributed by atoms with Crippen LogP contribution in [0.4, 0.5) is 17.6 Å². The SMILES string of the molecule is CC(C)(C)CC[S@@+]([O-])N[C@@H](c1ccc(F)cc1)C(F)(F)F. The Balaban J connectivity index is 2.78. The van der Waals surface area contributed by atoms with Gasteiger partial charge in [-0.3, -0.25) is 0 Å². The summed E-state index contributed by atoms with van der Waals surface area (Å²) in [5.41, 5.74) is -0.269. The van der Waals surface area contributed by atoms with Gasteiger partial charge in [0.15, 0.2) is 6.04 Å². The van der Waals surface area contributed by atoms with Gasteiger partial charge >= 0.3 is 6.18 Å². The van der Waals surface area contributed by atoms with Gasteiger partial charge in [-0.2, -0.15) is 13.2 Å². The van der Waals surface area contributed by atoms with Crippen molar-refractivity contribution in [1.82, 2.24) is 4.72 Å². The Morgan fingerprint density at radius 1 is 1.14 bits per heavy atom. The molecule has 120 valence electrons. The molecule has 0 saturated heterocycles. The van der Waals surface area contributed by atoms with Crippen LogP contribution in [0.1, 0.15) is 38.8 Å². The Morgan fingerprint density at radius 2 is 1.67 bits per heavy atom. The third-order valence-corrected chi connectivity index (χ3v) is 3.89. The molecule has 0 amide bonds. The van der Waals surface area contributed by atoms with E-state index in [-0.39, 0.29) is 16.7 Å². The molecule has 0 aliphatic rings. The summed E-state index contributed by atoms with van der Waals surface area (Å²) in [5, 5.41) is 0. The van der Waals surface area contributed by atoms with Gasteiger partial charge in [0.1, 0.15) is 11.6 Å². The minimum absolute atomic E-state index is 0.110. The second-order valence-electron chi connectivity index (χ2n) is 6.00. The van der Waals surface area contributed by atoms with Crippen LogP contribution in [0.3, 0.4) is 0 Å². The zero-order valence-electron chi connectivity index (χ0n) is 12.1. The molecular formula is C14H19F4NOS. The summed E-state index contributed by atoms with van der Waals surface area (Å²) in [7, 11) is 0. The minimum atomic E-state index is -4.60. The highest BCUT2D eigenvalue weighted by Gasteiger charge is 2.43. The smallest absolute Gasteiger partial charge is 0.412 e. The van der Waals surface area contributed by atoms with Crippen molar-refractivity contribution in [2.24, 2.45) is 5.41 Å². The van der Waals surface area contributed by atoms with Crippen LogP contribution in [0.15, 0.2) is 24.3 Å². The third kappa shape index (κ3) is 6.67. The predicted octanol–water partition coefficient (Wildman–Crippen LogP) is 4.12. The van der Waals surface area contributed by atoms with Crippen molar-refractivity contribution >= 4 is 11.4 Å². The highest BCUT2D eigenvalue weighted by Crippen LogP contribution is 2.33. The topological polar surface area (TPSA) is 35.1 Å². The molecule has 0 unspecified atom stereocenters. The number of halogens is 4. The molecule has 0 aliphatic heterocycles. The van der Waals surface area contributed by atoms with Crippen LogP contribution in [0.25, 0.3) is 0 Å². The molecule has 7 heteroatoms. The lowest BCUT2D eigenvalue weighted by Gasteiger charge is -2.24. The molecule has 2 atom stereocenters. The summed E-state index contributed by atoms with van der Waals surface area (Å²) in [6.45, 7) is 5.77. The van der Waals surface area contributed by atoms with Crippen LogP contribution < -0.4 is 4.72 Å². The summed E-state index contributed by atoms with van der Waals surface area (Å²) in [6.07, 6.45) is -4.07. The van der Waals surface area contributed by atoms with Crippen LogP contribution >= 0.6 is 0 Å². The Hall–Kier alpha value is -0.790. The number of hydrogen-bond acceptors (Lipinski definition) is 2.